The van der Waals surface area contributed by atoms with Crippen LogP contribution in [-0.4, -0.2) is 55.1 Å². The van der Waals surface area contributed by atoms with Crippen LogP contribution in [0.1, 0.15) is 36.4 Å². The number of carbonyl (C=O) groups excluding carboxylic acids is 1. The summed E-state index contributed by atoms with van der Waals surface area (Å²) in [5, 5.41) is 11.2. The zero-order chi connectivity index (χ0) is 23.9. The van der Waals surface area contributed by atoms with Crippen LogP contribution in [0.3, 0.4) is 0 Å². The summed E-state index contributed by atoms with van der Waals surface area (Å²) in [7, 11) is 1.91. The molecule has 3 aliphatic rings. The molecule has 1 unspecified atom stereocenters. The molecule has 0 aromatic carbocycles. The van der Waals surface area contributed by atoms with Gasteiger partial charge in [-0.05, 0) is 66.0 Å². The van der Waals surface area contributed by atoms with E-state index < -0.39 is 5.41 Å². The van der Waals surface area contributed by atoms with Crippen molar-refractivity contribution in [3.8, 4) is 0 Å². The number of rotatable bonds is 4. The highest BCUT2D eigenvalue weighted by atomic mass is 79.9. The fraction of sp³-hybridized carbons (Fsp3) is 0.400. The molecule has 0 radical (unpaired) electrons. The first kappa shape index (κ1) is 23.0. The van der Waals surface area contributed by atoms with Crippen molar-refractivity contribution in [2.24, 2.45) is 12.5 Å². The Labute approximate surface area is 206 Å². The van der Waals surface area contributed by atoms with E-state index in [2.05, 4.69) is 25.8 Å². The third kappa shape index (κ3) is 3.81. The van der Waals surface area contributed by atoms with Crippen molar-refractivity contribution < 1.29 is 10.0 Å². The molecule has 9 heteroatoms. The van der Waals surface area contributed by atoms with Crippen molar-refractivity contribution in [2.45, 2.75) is 31.7 Å². The van der Waals surface area contributed by atoms with Gasteiger partial charge in [0.15, 0.2) is 0 Å². The van der Waals surface area contributed by atoms with Crippen LogP contribution in [0.2, 0.25) is 0 Å². The highest BCUT2D eigenvalue weighted by molar-refractivity contribution is 9.10. The number of amides is 1. The summed E-state index contributed by atoms with van der Waals surface area (Å²) in [6, 6.07) is 3.86. The van der Waals surface area contributed by atoms with Crippen molar-refractivity contribution in [2.75, 3.05) is 19.6 Å². The highest BCUT2D eigenvalue weighted by Gasteiger charge is 2.55. The van der Waals surface area contributed by atoms with E-state index in [4.69, 9.17) is 0 Å². The predicted molar refractivity (Wildman–Crippen MR) is 132 cm³/mol. The first-order chi connectivity index (χ1) is 16.4. The Morgan fingerprint density at radius 2 is 2.03 bits per heavy atom. The van der Waals surface area contributed by atoms with E-state index in [1.54, 1.807) is 17.1 Å². The molecule has 0 bridgehead atoms. The van der Waals surface area contributed by atoms with E-state index >= 15 is 0 Å². The maximum absolute atomic E-state index is 13.1. The third-order valence-corrected chi connectivity index (χ3v) is 8.23. The third-order valence-electron chi connectivity index (χ3n) is 7.44. The number of carbonyl (C=O) groups is 1. The molecule has 8 nitrogen and oxygen atoms in total. The van der Waals surface area contributed by atoms with Gasteiger partial charge in [0.05, 0.1) is 23.4 Å². The lowest BCUT2D eigenvalue weighted by Crippen LogP contribution is -2.46. The molecule has 34 heavy (non-hydrogen) atoms. The second-order valence-corrected chi connectivity index (χ2v) is 10.0. The molecule has 2 fully saturated rings. The predicted octanol–water partition coefficient (Wildman–Crippen LogP) is 3.30. The number of halogens is 1. The van der Waals surface area contributed by atoms with Gasteiger partial charge in [-0.1, -0.05) is 30.4 Å². The number of aromatic nitrogens is 3. The summed E-state index contributed by atoms with van der Waals surface area (Å²) in [5.41, 5.74) is 2.04. The summed E-state index contributed by atoms with van der Waals surface area (Å²) >= 11 is 3.53. The van der Waals surface area contributed by atoms with E-state index in [0.717, 1.165) is 28.4 Å². The van der Waals surface area contributed by atoms with Crippen molar-refractivity contribution in [3.05, 3.63) is 81.0 Å². The van der Waals surface area contributed by atoms with Crippen LogP contribution in [0.4, 0.5) is 0 Å². The van der Waals surface area contributed by atoms with Crippen LogP contribution in [0, 0.1) is 5.41 Å². The molecule has 4 heterocycles. The summed E-state index contributed by atoms with van der Waals surface area (Å²) in [5.74, 6) is -0.276. The largest absolute Gasteiger partial charge is 0.297 e. The molecular weight excluding hydrogens is 498 g/mol. The van der Waals surface area contributed by atoms with E-state index in [0.29, 0.717) is 43.5 Å². The van der Waals surface area contributed by atoms with Crippen LogP contribution in [0.5, 0.6) is 0 Å². The molecule has 1 N–H and O–H groups in total. The van der Waals surface area contributed by atoms with Gasteiger partial charge < -0.3 is 0 Å². The standard InChI is InChI=1S/C25H28BrN5O3/c1-28-21(22(26)23(32)31(28)19-8-4-2-3-5-9-19)17-29-13-10-25(11-14-29)20(16-30(34)24(25)33)18-7-6-12-27-15-18/h2-4,6-9,12,15,20,34H,5,10-11,13-14,16-17H2,1H3. The van der Waals surface area contributed by atoms with E-state index in [-0.39, 0.29) is 17.4 Å². The molecule has 178 valence electrons. The molecule has 1 aliphatic carbocycles. The lowest BCUT2D eigenvalue weighted by atomic mass is 9.68. The Hall–Kier alpha value is -2.75. The maximum atomic E-state index is 13.1. The van der Waals surface area contributed by atoms with Gasteiger partial charge in [0.25, 0.3) is 11.5 Å². The quantitative estimate of drug-likeness (QED) is 0.619. The maximum Gasteiger partial charge on any atom is 0.286 e. The highest BCUT2D eigenvalue weighted by Crippen LogP contribution is 2.50. The normalized spacial score (nSPS) is 22.4. The molecule has 2 saturated heterocycles. The molecule has 1 amide bonds. The van der Waals surface area contributed by atoms with Crippen LogP contribution >= 0.6 is 15.9 Å². The SMILES string of the molecule is Cn1c(CN2CCC3(CC2)C(=O)N(O)CC3c2cccnc2)c(Br)c(=O)n1C1=CCC=CC=C1. The molecular formula is C25H28BrN5O3. The number of allylic oxidation sites excluding steroid dienone is 6. The van der Waals surface area contributed by atoms with Crippen LogP contribution in [-0.2, 0) is 18.4 Å². The summed E-state index contributed by atoms with van der Waals surface area (Å²) < 4.78 is 4.16. The number of nitrogens with zero attached hydrogens (tertiary/aromatic N) is 5. The summed E-state index contributed by atoms with van der Waals surface area (Å²) in [6.07, 6.45) is 15.5. The zero-order valence-electron chi connectivity index (χ0n) is 19.1. The molecule has 2 aromatic heterocycles. The molecule has 5 rings (SSSR count). The Kier molecular flexibility index (Phi) is 6.18. The number of hydroxylamine groups is 2. The van der Waals surface area contributed by atoms with E-state index in [1.807, 2.05) is 54.2 Å². The van der Waals surface area contributed by atoms with Gasteiger partial charge in [-0.25, -0.2) is 9.75 Å². The van der Waals surface area contributed by atoms with Crippen LogP contribution in [0.25, 0.3) is 5.70 Å². The minimum Gasteiger partial charge on any atom is -0.297 e. The number of piperidine rings is 1. The number of hydrogen-bond acceptors (Lipinski definition) is 5. The zero-order valence-corrected chi connectivity index (χ0v) is 20.7. The van der Waals surface area contributed by atoms with Gasteiger partial charge in [0.1, 0.15) is 4.47 Å². The fourth-order valence-corrected chi connectivity index (χ4v) is 6.08. The molecule has 2 aliphatic heterocycles. The Morgan fingerprint density at radius 3 is 2.76 bits per heavy atom. The van der Waals surface area contributed by atoms with Gasteiger partial charge in [0, 0.05) is 31.9 Å². The monoisotopic (exact) mass is 525 g/mol. The van der Waals surface area contributed by atoms with Crippen molar-refractivity contribution in [1.82, 2.24) is 24.3 Å². The Morgan fingerprint density at radius 1 is 1.24 bits per heavy atom. The first-order valence-corrected chi connectivity index (χ1v) is 12.3. The van der Waals surface area contributed by atoms with Gasteiger partial charge in [-0.15, -0.1) is 0 Å². The van der Waals surface area contributed by atoms with E-state index in [1.165, 1.54) is 0 Å². The molecule has 2 aromatic rings. The van der Waals surface area contributed by atoms with Crippen LogP contribution in [0.15, 0.2) is 64.2 Å². The number of hydrogen-bond donors (Lipinski definition) is 1. The van der Waals surface area contributed by atoms with Gasteiger partial charge >= 0.3 is 0 Å². The van der Waals surface area contributed by atoms with Crippen molar-refractivity contribution >= 4 is 27.5 Å². The average molecular weight is 526 g/mol. The molecule has 1 spiro atoms. The first-order valence-electron chi connectivity index (χ1n) is 11.6. The van der Waals surface area contributed by atoms with Gasteiger partial charge in [-0.3, -0.25) is 29.4 Å². The smallest absolute Gasteiger partial charge is 0.286 e. The minimum absolute atomic E-state index is 0.0812. The molecule has 1 atom stereocenters. The second-order valence-electron chi connectivity index (χ2n) is 9.21. The van der Waals surface area contributed by atoms with Crippen molar-refractivity contribution in [1.29, 1.82) is 0 Å². The number of likely N-dealkylation sites (tertiary alicyclic amines) is 1. The van der Waals surface area contributed by atoms with Crippen molar-refractivity contribution in [3.63, 3.8) is 0 Å². The van der Waals surface area contributed by atoms with E-state index in [9.17, 15) is 14.8 Å². The minimum atomic E-state index is -0.619. The lowest BCUT2D eigenvalue weighted by Gasteiger charge is -2.40. The fourth-order valence-electron chi connectivity index (χ4n) is 5.53. The molecule has 0 saturated carbocycles. The summed E-state index contributed by atoms with van der Waals surface area (Å²) in [6.45, 7) is 2.30. The second kappa shape index (κ2) is 9.13. The van der Waals surface area contributed by atoms with Gasteiger partial charge in [-0.2, -0.15) is 0 Å². The lowest BCUT2D eigenvalue weighted by molar-refractivity contribution is -0.166. The van der Waals surface area contributed by atoms with Crippen LogP contribution < -0.4 is 5.56 Å². The van der Waals surface area contributed by atoms with Gasteiger partial charge in [0.2, 0.25) is 0 Å². The average Bonchev–Trinajstić information content (AvgIpc) is 3.09. The Balaban J connectivity index is 1.36. The Bertz CT molecular complexity index is 1240. The summed E-state index contributed by atoms with van der Waals surface area (Å²) in [4.78, 5) is 32.6. The number of pyridine rings is 1. The topological polar surface area (TPSA) is 83.6 Å².